The third kappa shape index (κ3) is 4.13. The molecule has 0 radical (unpaired) electrons. The second kappa shape index (κ2) is 4.36. The Balaban J connectivity index is 2.73. The average molecular weight is 257 g/mol. The number of pyridine rings is 1. The van der Waals surface area contributed by atoms with Gasteiger partial charge >= 0.3 is 16.4 Å². The van der Waals surface area contributed by atoms with E-state index in [0.29, 0.717) is 0 Å². The third-order valence-corrected chi connectivity index (χ3v) is 2.44. The highest BCUT2D eigenvalue weighted by atomic mass is 32.3. The fourth-order valence-electron chi connectivity index (χ4n) is 0.980. The minimum Gasteiger partial charge on any atom is -0.252 e. The van der Waals surface area contributed by atoms with Crippen molar-refractivity contribution < 1.29 is 25.5 Å². The van der Waals surface area contributed by atoms with Crippen LogP contribution in [0, 0.1) is 0 Å². The second-order valence-electron chi connectivity index (χ2n) is 3.04. The monoisotopic (exact) mass is 257 g/mol. The lowest BCUT2D eigenvalue weighted by atomic mass is 10.2. The Bertz CT molecular complexity index is 452. The lowest BCUT2D eigenvalue weighted by Crippen LogP contribution is -2.08. The molecule has 1 heterocycles. The fraction of sp³-hybridized carbons (Fsp3) is 0.375. The maximum atomic E-state index is 12.1. The largest absolute Gasteiger partial charge is 0.433 e. The minimum atomic E-state index is -4.61. The van der Waals surface area contributed by atoms with Gasteiger partial charge in [-0.05, 0) is 18.1 Å². The molecule has 8 heteroatoms. The Morgan fingerprint density at radius 1 is 1.25 bits per heavy atom. The van der Waals surface area contributed by atoms with E-state index < -0.39 is 27.8 Å². The number of aromatic nitrogens is 1. The molecule has 0 aliphatic heterocycles. The van der Waals surface area contributed by atoms with E-state index in [-0.39, 0.29) is 12.0 Å². The molecule has 0 saturated heterocycles. The first-order chi connectivity index (χ1) is 7.18. The van der Waals surface area contributed by atoms with Crippen molar-refractivity contribution in [3.63, 3.8) is 0 Å². The zero-order valence-electron chi connectivity index (χ0n) is 7.83. The van der Waals surface area contributed by atoms with E-state index in [2.05, 4.69) is 4.98 Å². The highest BCUT2D eigenvalue weighted by Gasteiger charge is 2.31. The van der Waals surface area contributed by atoms with Crippen LogP contribution in [0.4, 0.5) is 17.1 Å². The van der Waals surface area contributed by atoms with Gasteiger partial charge in [0.15, 0.2) is 0 Å². The summed E-state index contributed by atoms with van der Waals surface area (Å²) in [4.78, 5) is 3.11. The molecule has 0 bridgehead atoms. The number of rotatable bonds is 3. The molecule has 90 valence electrons. The molecule has 0 amide bonds. The summed E-state index contributed by atoms with van der Waals surface area (Å²) in [5.74, 6) is -0.764. The van der Waals surface area contributed by atoms with Crippen molar-refractivity contribution in [1.29, 1.82) is 0 Å². The molecule has 0 aliphatic rings. The van der Waals surface area contributed by atoms with Crippen LogP contribution >= 0.6 is 0 Å². The summed E-state index contributed by atoms with van der Waals surface area (Å²) in [5.41, 5.74) is -0.839. The lowest BCUT2D eigenvalue weighted by molar-refractivity contribution is -0.141. The van der Waals surface area contributed by atoms with Crippen LogP contribution in [0.5, 0.6) is 0 Å². The molecule has 0 spiro atoms. The zero-order valence-corrected chi connectivity index (χ0v) is 8.65. The van der Waals surface area contributed by atoms with Gasteiger partial charge in [0.1, 0.15) is 5.69 Å². The molecule has 1 aromatic heterocycles. The van der Waals surface area contributed by atoms with Gasteiger partial charge in [-0.2, -0.15) is 21.6 Å². The van der Waals surface area contributed by atoms with Crippen molar-refractivity contribution in [2.75, 3.05) is 5.75 Å². The number of halogens is 4. The molecule has 0 aromatic carbocycles. The summed E-state index contributed by atoms with van der Waals surface area (Å²) < 4.78 is 68.7. The van der Waals surface area contributed by atoms with Crippen LogP contribution in [-0.4, -0.2) is 19.2 Å². The second-order valence-corrected chi connectivity index (χ2v) is 4.53. The van der Waals surface area contributed by atoms with Crippen LogP contribution in [0.2, 0.25) is 0 Å². The molecular weight excluding hydrogens is 250 g/mol. The Hall–Kier alpha value is -1.18. The highest BCUT2D eigenvalue weighted by molar-refractivity contribution is 7.86. The Labute approximate surface area is 89.3 Å². The number of nitrogens with zero attached hydrogens (tertiary/aromatic N) is 1. The van der Waals surface area contributed by atoms with Crippen molar-refractivity contribution in [1.82, 2.24) is 4.98 Å². The van der Waals surface area contributed by atoms with Gasteiger partial charge in [0.05, 0.1) is 5.75 Å². The normalized spacial score (nSPS) is 12.8. The van der Waals surface area contributed by atoms with E-state index in [1.165, 1.54) is 0 Å². The Morgan fingerprint density at radius 3 is 2.25 bits per heavy atom. The van der Waals surface area contributed by atoms with E-state index in [4.69, 9.17) is 0 Å². The first-order valence-electron chi connectivity index (χ1n) is 4.13. The molecule has 0 saturated carbocycles. The topological polar surface area (TPSA) is 47.0 Å². The number of hydrogen-bond donors (Lipinski definition) is 0. The highest BCUT2D eigenvalue weighted by Crippen LogP contribution is 2.27. The van der Waals surface area contributed by atoms with Gasteiger partial charge in [-0.15, -0.1) is 3.89 Å². The summed E-state index contributed by atoms with van der Waals surface area (Å²) in [6.07, 6.45) is -3.86. The molecule has 0 unspecified atom stereocenters. The summed E-state index contributed by atoms with van der Waals surface area (Å²) in [5, 5.41) is 0. The molecule has 0 aliphatic carbocycles. The first kappa shape index (κ1) is 12.9. The minimum absolute atomic E-state index is 0.204. The van der Waals surface area contributed by atoms with Gasteiger partial charge in [-0.3, -0.25) is 4.98 Å². The summed E-state index contributed by atoms with van der Waals surface area (Å²) in [7, 11) is -4.61. The van der Waals surface area contributed by atoms with Crippen molar-refractivity contribution in [3.05, 3.63) is 29.6 Å². The maximum Gasteiger partial charge on any atom is 0.433 e. The van der Waals surface area contributed by atoms with E-state index in [1.54, 1.807) is 0 Å². The molecule has 0 fully saturated rings. The van der Waals surface area contributed by atoms with Crippen LogP contribution in [0.3, 0.4) is 0 Å². The summed E-state index contributed by atoms with van der Waals surface area (Å²) in [6, 6.07) is 1.79. The van der Waals surface area contributed by atoms with Gasteiger partial charge in [-0.25, -0.2) is 0 Å². The molecule has 0 atom stereocenters. The standard InChI is InChI=1S/C8H7F4NO2S/c9-8(10,11)7-2-1-6(5-13-7)3-4-16(12,14)15/h1-2,5H,3-4H2. The smallest absolute Gasteiger partial charge is 0.252 e. The number of hydrogen-bond acceptors (Lipinski definition) is 3. The van der Waals surface area contributed by atoms with E-state index in [9.17, 15) is 25.5 Å². The lowest BCUT2D eigenvalue weighted by Gasteiger charge is -2.05. The Kier molecular flexibility index (Phi) is 3.51. The van der Waals surface area contributed by atoms with Gasteiger partial charge in [-0.1, -0.05) is 6.07 Å². The molecule has 3 nitrogen and oxygen atoms in total. The van der Waals surface area contributed by atoms with Crippen molar-refractivity contribution in [3.8, 4) is 0 Å². The maximum absolute atomic E-state index is 12.1. The quantitative estimate of drug-likeness (QED) is 0.614. The van der Waals surface area contributed by atoms with Crippen LogP contribution in [0.1, 0.15) is 11.3 Å². The summed E-state index contributed by atoms with van der Waals surface area (Å²) in [6.45, 7) is 0. The molecule has 1 rings (SSSR count). The van der Waals surface area contributed by atoms with Crippen molar-refractivity contribution >= 4 is 10.2 Å². The molecular formula is C8H7F4NO2S. The van der Waals surface area contributed by atoms with Crippen LogP contribution in [0.25, 0.3) is 0 Å². The molecule has 16 heavy (non-hydrogen) atoms. The van der Waals surface area contributed by atoms with Gasteiger partial charge in [0.2, 0.25) is 0 Å². The van der Waals surface area contributed by atoms with E-state index in [1.807, 2.05) is 0 Å². The number of alkyl halides is 3. The molecule has 1 aromatic rings. The SMILES string of the molecule is O=S(=O)(F)CCc1ccc(C(F)(F)F)nc1. The van der Waals surface area contributed by atoms with Crippen LogP contribution in [0.15, 0.2) is 18.3 Å². The van der Waals surface area contributed by atoms with E-state index in [0.717, 1.165) is 18.3 Å². The van der Waals surface area contributed by atoms with Gasteiger partial charge in [0.25, 0.3) is 0 Å². The van der Waals surface area contributed by atoms with Crippen LogP contribution in [-0.2, 0) is 22.8 Å². The van der Waals surface area contributed by atoms with E-state index >= 15 is 0 Å². The van der Waals surface area contributed by atoms with Gasteiger partial charge < -0.3 is 0 Å². The third-order valence-electron chi connectivity index (χ3n) is 1.75. The predicted molar refractivity (Wildman–Crippen MR) is 47.8 cm³/mol. The predicted octanol–water partition coefficient (Wildman–Crippen LogP) is 1.94. The fourth-order valence-corrected chi connectivity index (χ4v) is 1.46. The molecule has 0 N–H and O–H groups in total. The Morgan fingerprint density at radius 2 is 1.88 bits per heavy atom. The summed E-state index contributed by atoms with van der Waals surface area (Å²) >= 11 is 0. The van der Waals surface area contributed by atoms with Gasteiger partial charge in [0, 0.05) is 6.20 Å². The van der Waals surface area contributed by atoms with Crippen molar-refractivity contribution in [2.24, 2.45) is 0 Å². The zero-order chi connectivity index (χ0) is 12.4. The van der Waals surface area contributed by atoms with Crippen molar-refractivity contribution in [2.45, 2.75) is 12.6 Å². The number of aryl methyl sites for hydroxylation is 1. The first-order valence-corrected chi connectivity index (χ1v) is 5.68. The van der Waals surface area contributed by atoms with Crippen LogP contribution < -0.4 is 0 Å². The average Bonchev–Trinajstić information content (AvgIpc) is 2.13.